The van der Waals surface area contributed by atoms with Crippen LogP contribution in [0.15, 0.2) is 62.6 Å². The number of pyridine rings is 1. The zero-order valence-corrected chi connectivity index (χ0v) is 19.4. The Labute approximate surface area is 197 Å². The molecule has 1 unspecified atom stereocenters. The molecule has 1 saturated heterocycles. The van der Waals surface area contributed by atoms with E-state index in [-0.39, 0.29) is 22.7 Å². The summed E-state index contributed by atoms with van der Waals surface area (Å²) in [5, 5.41) is 4.15. The molecule has 0 N–H and O–H groups in total. The number of rotatable bonds is 4. The van der Waals surface area contributed by atoms with Gasteiger partial charge in [0.2, 0.25) is 17.7 Å². The molecule has 0 bridgehead atoms. The summed E-state index contributed by atoms with van der Waals surface area (Å²) in [4.78, 5) is 27.7. The van der Waals surface area contributed by atoms with Crippen molar-refractivity contribution in [3.8, 4) is 22.6 Å². The van der Waals surface area contributed by atoms with Crippen LogP contribution in [0, 0.1) is 5.82 Å². The van der Waals surface area contributed by atoms with E-state index in [1.165, 1.54) is 22.9 Å². The predicted octanol–water partition coefficient (Wildman–Crippen LogP) is 4.18. The number of piperidine rings is 1. The highest BCUT2D eigenvalue weighted by atomic mass is 79.9. The Kier molecular flexibility index (Phi) is 5.76. The van der Waals surface area contributed by atoms with Crippen LogP contribution < -0.4 is 10.5 Å². The van der Waals surface area contributed by atoms with Crippen molar-refractivity contribution >= 4 is 21.9 Å². The number of aromatic nitrogens is 5. The Morgan fingerprint density at radius 2 is 2.00 bits per heavy atom. The molecule has 1 aliphatic heterocycles. The average molecular weight is 511 g/mol. The minimum absolute atomic E-state index is 0.00586. The Hall–Kier alpha value is -3.40. The first-order valence-electron chi connectivity index (χ1n) is 10.5. The fourth-order valence-corrected chi connectivity index (χ4v) is 4.27. The monoisotopic (exact) mass is 510 g/mol. The van der Waals surface area contributed by atoms with E-state index in [2.05, 4.69) is 36.0 Å². The van der Waals surface area contributed by atoms with Crippen LogP contribution in [0.4, 0.5) is 10.3 Å². The third kappa shape index (κ3) is 4.30. The molecule has 4 aromatic rings. The lowest BCUT2D eigenvalue weighted by Crippen LogP contribution is -2.38. The van der Waals surface area contributed by atoms with E-state index < -0.39 is 5.82 Å². The number of anilines is 1. The molecule has 0 amide bonds. The zero-order valence-electron chi connectivity index (χ0n) is 17.8. The molecular weight excluding hydrogens is 491 g/mol. The first-order valence-corrected chi connectivity index (χ1v) is 11.3. The molecule has 168 valence electrons. The van der Waals surface area contributed by atoms with E-state index in [9.17, 15) is 9.18 Å². The summed E-state index contributed by atoms with van der Waals surface area (Å²) in [6.45, 7) is 1.28. The second-order valence-electron chi connectivity index (χ2n) is 7.94. The van der Waals surface area contributed by atoms with Crippen molar-refractivity contribution in [1.82, 2.24) is 24.7 Å². The van der Waals surface area contributed by atoms with E-state index in [1.54, 1.807) is 7.05 Å². The summed E-state index contributed by atoms with van der Waals surface area (Å²) >= 11 is 3.43. The van der Waals surface area contributed by atoms with E-state index in [0.29, 0.717) is 30.8 Å². The Bertz CT molecular complexity index is 1350. The number of hydrogen-bond acceptors (Lipinski definition) is 7. The number of nitrogens with zero attached hydrogens (tertiary/aromatic N) is 6. The van der Waals surface area contributed by atoms with Gasteiger partial charge in [-0.05, 0) is 43.2 Å². The molecule has 8 nitrogen and oxygen atoms in total. The van der Waals surface area contributed by atoms with Crippen LogP contribution in [0.3, 0.4) is 0 Å². The summed E-state index contributed by atoms with van der Waals surface area (Å²) in [7, 11) is 1.67. The van der Waals surface area contributed by atoms with Gasteiger partial charge in [-0.2, -0.15) is 4.98 Å². The second-order valence-corrected chi connectivity index (χ2v) is 8.86. The number of benzene rings is 1. The van der Waals surface area contributed by atoms with Crippen LogP contribution in [0.2, 0.25) is 0 Å². The summed E-state index contributed by atoms with van der Waals surface area (Å²) < 4.78 is 22.3. The highest BCUT2D eigenvalue weighted by Crippen LogP contribution is 2.30. The summed E-state index contributed by atoms with van der Waals surface area (Å²) in [6, 6.07) is 10.6. The van der Waals surface area contributed by atoms with Gasteiger partial charge in [-0.15, -0.1) is 0 Å². The van der Waals surface area contributed by atoms with Crippen molar-refractivity contribution in [2.45, 2.75) is 18.8 Å². The normalized spacial score (nSPS) is 16.2. The van der Waals surface area contributed by atoms with Crippen molar-refractivity contribution < 1.29 is 8.91 Å². The molecule has 0 aliphatic carbocycles. The minimum Gasteiger partial charge on any atom is -0.341 e. The van der Waals surface area contributed by atoms with Crippen LogP contribution in [-0.4, -0.2) is 37.8 Å². The lowest BCUT2D eigenvalue weighted by molar-refractivity contribution is 0.332. The SMILES string of the molecule is Cn1c(N2CCCC(c3nc(-c4ccc(Br)cc4)no3)C2)nc(-c2ccncc2F)cc1=O. The molecule has 4 heterocycles. The summed E-state index contributed by atoms with van der Waals surface area (Å²) in [6.07, 6.45) is 4.34. The van der Waals surface area contributed by atoms with E-state index in [1.807, 2.05) is 29.2 Å². The predicted molar refractivity (Wildman–Crippen MR) is 124 cm³/mol. The lowest BCUT2D eigenvalue weighted by atomic mass is 9.98. The number of hydrogen-bond donors (Lipinski definition) is 0. The highest BCUT2D eigenvalue weighted by Gasteiger charge is 2.28. The lowest BCUT2D eigenvalue weighted by Gasteiger charge is -2.32. The maximum absolute atomic E-state index is 14.3. The fourth-order valence-electron chi connectivity index (χ4n) is 4.01. The maximum atomic E-state index is 14.3. The molecule has 0 spiro atoms. The van der Waals surface area contributed by atoms with Crippen molar-refractivity contribution in [1.29, 1.82) is 0 Å². The van der Waals surface area contributed by atoms with Crippen LogP contribution in [0.25, 0.3) is 22.6 Å². The molecule has 1 aromatic carbocycles. The maximum Gasteiger partial charge on any atom is 0.255 e. The molecule has 5 rings (SSSR count). The fraction of sp³-hybridized carbons (Fsp3) is 0.261. The van der Waals surface area contributed by atoms with E-state index >= 15 is 0 Å². The first-order chi connectivity index (χ1) is 16.0. The molecule has 0 radical (unpaired) electrons. The van der Waals surface area contributed by atoms with Crippen molar-refractivity contribution in [2.75, 3.05) is 18.0 Å². The first kappa shape index (κ1) is 21.4. The van der Waals surface area contributed by atoms with Gasteiger partial charge in [-0.3, -0.25) is 14.3 Å². The summed E-state index contributed by atoms with van der Waals surface area (Å²) in [5.74, 6) is 1.04. The Morgan fingerprint density at radius 1 is 1.18 bits per heavy atom. The van der Waals surface area contributed by atoms with Gasteiger partial charge in [0.1, 0.15) is 0 Å². The largest absolute Gasteiger partial charge is 0.341 e. The molecule has 1 fully saturated rings. The molecule has 3 aromatic heterocycles. The van der Waals surface area contributed by atoms with Gasteiger partial charge in [0.05, 0.1) is 17.8 Å². The Morgan fingerprint density at radius 3 is 2.79 bits per heavy atom. The Balaban J connectivity index is 1.43. The smallest absolute Gasteiger partial charge is 0.255 e. The topological polar surface area (TPSA) is 89.9 Å². The second kappa shape index (κ2) is 8.86. The zero-order chi connectivity index (χ0) is 22.9. The standard InChI is InChI=1S/C23H20BrFN6O2/c1-30-20(32)11-19(17-8-9-26-12-18(17)25)27-23(30)31-10-2-3-15(13-31)22-28-21(29-33-22)14-4-6-16(24)7-5-14/h4-9,11-12,15H,2-3,10,13H2,1H3. The van der Waals surface area contributed by atoms with Gasteiger partial charge in [0.15, 0.2) is 5.82 Å². The van der Waals surface area contributed by atoms with E-state index in [4.69, 9.17) is 4.52 Å². The summed E-state index contributed by atoms with van der Waals surface area (Å²) in [5.41, 5.74) is 1.14. The van der Waals surface area contributed by atoms with Crippen LogP contribution in [-0.2, 0) is 7.05 Å². The van der Waals surface area contributed by atoms with Crippen molar-refractivity contribution in [3.63, 3.8) is 0 Å². The third-order valence-electron chi connectivity index (χ3n) is 5.76. The van der Waals surface area contributed by atoms with Crippen LogP contribution >= 0.6 is 15.9 Å². The van der Waals surface area contributed by atoms with Gasteiger partial charge in [0.25, 0.3) is 5.56 Å². The molecule has 1 atom stereocenters. The van der Waals surface area contributed by atoms with Gasteiger partial charge in [-0.1, -0.05) is 21.1 Å². The molecule has 10 heteroatoms. The van der Waals surface area contributed by atoms with Gasteiger partial charge < -0.3 is 9.42 Å². The van der Waals surface area contributed by atoms with Crippen LogP contribution in [0.1, 0.15) is 24.7 Å². The molecule has 1 aliphatic rings. The molecule has 33 heavy (non-hydrogen) atoms. The van der Waals surface area contributed by atoms with Gasteiger partial charge in [0, 0.05) is 48.0 Å². The van der Waals surface area contributed by atoms with Gasteiger partial charge in [-0.25, -0.2) is 9.37 Å². The molecular formula is C23H20BrFN6O2. The minimum atomic E-state index is -0.521. The van der Waals surface area contributed by atoms with Crippen molar-refractivity contribution in [3.05, 3.63) is 75.3 Å². The highest BCUT2D eigenvalue weighted by molar-refractivity contribution is 9.10. The third-order valence-corrected chi connectivity index (χ3v) is 6.29. The van der Waals surface area contributed by atoms with Gasteiger partial charge >= 0.3 is 0 Å². The molecule has 0 saturated carbocycles. The van der Waals surface area contributed by atoms with Crippen molar-refractivity contribution in [2.24, 2.45) is 7.05 Å². The van der Waals surface area contributed by atoms with E-state index in [0.717, 1.165) is 29.1 Å². The number of halogens is 2. The quantitative estimate of drug-likeness (QED) is 0.406. The average Bonchev–Trinajstić information content (AvgIpc) is 3.32. The van der Waals surface area contributed by atoms with Crippen LogP contribution in [0.5, 0.6) is 0 Å².